The average molecular weight is 279 g/mol. The highest BCUT2D eigenvalue weighted by Gasteiger charge is 2.15. The van der Waals surface area contributed by atoms with Crippen molar-refractivity contribution in [1.29, 1.82) is 0 Å². The summed E-state index contributed by atoms with van der Waals surface area (Å²) in [4.78, 5) is 11.7. The molecule has 0 bridgehead atoms. The molecule has 1 atom stereocenters. The molecule has 112 valence electrons. The van der Waals surface area contributed by atoms with Crippen LogP contribution in [0.25, 0.3) is 0 Å². The lowest BCUT2D eigenvalue weighted by Gasteiger charge is -2.21. The molecule has 1 saturated carbocycles. The van der Waals surface area contributed by atoms with E-state index in [4.69, 9.17) is 4.42 Å². The van der Waals surface area contributed by atoms with E-state index in [1.165, 1.54) is 38.4 Å². The molecule has 4 heteroatoms. The molecule has 1 aliphatic rings. The molecule has 0 saturated heterocycles. The van der Waals surface area contributed by atoms with Crippen LogP contribution in [0.1, 0.15) is 63.0 Å². The Kier molecular flexibility index (Phi) is 6.12. The Bertz CT molecular complexity index is 382. The van der Waals surface area contributed by atoms with Crippen molar-refractivity contribution in [2.75, 3.05) is 6.54 Å². The standard InChI is InChI=1S/C16H25NO3/c18-15(14-9-11-20-12-14)8-10-17-16(19)7-6-13-4-2-1-3-5-13/h9,11-13,15,18H,1-8,10H2,(H,17,19). The molecule has 1 aliphatic carbocycles. The molecular formula is C16H25NO3. The Morgan fingerprint density at radius 2 is 2.20 bits per heavy atom. The van der Waals surface area contributed by atoms with E-state index in [0.29, 0.717) is 19.4 Å². The lowest BCUT2D eigenvalue weighted by Crippen LogP contribution is -2.26. The number of hydrogen-bond acceptors (Lipinski definition) is 3. The van der Waals surface area contributed by atoms with Crippen LogP contribution in [0.4, 0.5) is 0 Å². The molecule has 0 aliphatic heterocycles. The van der Waals surface area contributed by atoms with E-state index in [1.54, 1.807) is 12.3 Å². The Hall–Kier alpha value is -1.29. The molecule has 2 rings (SSSR count). The third kappa shape index (κ3) is 5.00. The predicted molar refractivity (Wildman–Crippen MR) is 77.1 cm³/mol. The molecule has 1 unspecified atom stereocenters. The number of amides is 1. The lowest BCUT2D eigenvalue weighted by molar-refractivity contribution is -0.121. The van der Waals surface area contributed by atoms with Crippen molar-refractivity contribution in [3.8, 4) is 0 Å². The molecule has 0 spiro atoms. The van der Waals surface area contributed by atoms with Gasteiger partial charge in [0, 0.05) is 18.5 Å². The van der Waals surface area contributed by atoms with Gasteiger partial charge in [-0.05, 0) is 24.8 Å². The molecule has 0 aromatic carbocycles. The minimum absolute atomic E-state index is 0.106. The monoisotopic (exact) mass is 279 g/mol. The summed E-state index contributed by atoms with van der Waals surface area (Å²) in [7, 11) is 0. The summed E-state index contributed by atoms with van der Waals surface area (Å²) in [5, 5.41) is 12.7. The lowest BCUT2D eigenvalue weighted by atomic mass is 9.86. The van der Waals surface area contributed by atoms with Crippen molar-refractivity contribution in [2.45, 2.75) is 57.5 Å². The summed E-state index contributed by atoms with van der Waals surface area (Å²) in [6.07, 6.45) is 11.2. The van der Waals surface area contributed by atoms with Gasteiger partial charge in [-0.3, -0.25) is 4.79 Å². The summed E-state index contributed by atoms with van der Waals surface area (Å²) in [6, 6.07) is 1.75. The van der Waals surface area contributed by atoms with Crippen LogP contribution in [0.15, 0.2) is 23.0 Å². The molecule has 1 aromatic rings. The van der Waals surface area contributed by atoms with Gasteiger partial charge in [-0.25, -0.2) is 0 Å². The first-order chi connectivity index (χ1) is 9.75. The summed E-state index contributed by atoms with van der Waals surface area (Å²) in [5.41, 5.74) is 0.765. The zero-order valence-electron chi connectivity index (χ0n) is 12.0. The van der Waals surface area contributed by atoms with E-state index in [-0.39, 0.29) is 5.91 Å². The van der Waals surface area contributed by atoms with Gasteiger partial charge in [-0.1, -0.05) is 32.1 Å². The second kappa shape index (κ2) is 8.10. The number of nitrogens with one attached hydrogen (secondary N) is 1. The second-order valence-corrected chi connectivity index (χ2v) is 5.75. The quantitative estimate of drug-likeness (QED) is 0.805. The van der Waals surface area contributed by atoms with Crippen LogP contribution >= 0.6 is 0 Å². The minimum Gasteiger partial charge on any atom is -0.472 e. The first kappa shape index (κ1) is 15.1. The fourth-order valence-corrected chi connectivity index (χ4v) is 2.88. The molecule has 20 heavy (non-hydrogen) atoms. The molecule has 2 N–H and O–H groups in total. The SMILES string of the molecule is O=C(CCC1CCCCC1)NCCC(O)c1ccoc1. The average Bonchev–Trinajstić information content (AvgIpc) is 3.00. The fourth-order valence-electron chi connectivity index (χ4n) is 2.88. The van der Waals surface area contributed by atoms with Crippen LogP contribution in [0.5, 0.6) is 0 Å². The molecular weight excluding hydrogens is 254 g/mol. The molecule has 1 amide bonds. The maximum Gasteiger partial charge on any atom is 0.220 e. The summed E-state index contributed by atoms with van der Waals surface area (Å²) in [6.45, 7) is 0.510. The topological polar surface area (TPSA) is 62.5 Å². The van der Waals surface area contributed by atoms with E-state index in [1.807, 2.05) is 0 Å². The van der Waals surface area contributed by atoms with E-state index in [9.17, 15) is 9.90 Å². The van der Waals surface area contributed by atoms with Crippen molar-refractivity contribution < 1.29 is 14.3 Å². The largest absolute Gasteiger partial charge is 0.472 e. The number of aliphatic hydroxyl groups excluding tert-OH is 1. The van der Waals surface area contributed by atoms with Gasteiger partial charge in [-0.2, -0.15) is 0 Å². The first-order valence-corrected chi connectivity index (χ1v) is 7.72. The fraction of sp³-hybridized carbons (Fsp3) is 0.688. The normalized spacial score (nSPS) is 17.9. The zero-order valence-corrected chi connectivity index (χ0v) is 12.0. The van der Waals surface area contributed by atoms with Crippen LogP contribution in [-0.4, -0.2) is 17.6 Å². The second-order valence-electron chi connectivity index (χ2n) is 5.75. The van der Waals surface area contributed by atoms with E-state index >= 15 is 0 Å². The van der Waals surface area contributed by atoms with Crippen LogP contribution in [-0.2, 0) is 4.79 Å². The van der Waals surface area contributed by atoms with Crippen molar-refractivity contribution in [3.63, 3.8) is 0 Å². The maximum atomic E-state index is 11.7. The summed E-state index contributed by atoms with van der Waals surface area (Å²) < 4.78 is 4.92. The van der Waals surface area contributed by atoms with Crippen molar-refractivity contribution in [1.82, 2.24) is 5.32 Å². The van der Waals surface area contributed by atoms with Gasteiger partial charge in [0.05, 0.1) is 18.6 Å². The van der Waals surface area contributed by atoms with Crippen LogP contribution < -0.4 is 5.32 Å². The smallest absolute Gasteiger partial charge is 0.220 e. The highest BCUT2D eigenvalue weighted by Crippen LogP contribution is 2.27. The number of carbonyl (C=O) groups is 1. The zero-order chi connectivity index (χ0) is 14.2. The molecule has 1 heterocycles. The van der Waals surface area contributed by atoms with Crippen LogP contribution in [0.2, 0.25) is 0 Å². The summed E-state index contributed by atoms with van der Waals surface area (Å²) in [5.74, 6) is 0.848. The third-order valence-electron chi connectivity index (χ3n) is 4.17. The molecule has 1 fully saturated rings. The van der Waals surface area contributed by atoms with Gasteiger partial charge < -0.3 is 14.8 Å². The third-order valence-corrected chi connectivity index (χ3v) is 4.17. The number of furan rings is 1. The summed E-state index contributed by atoms with van der Waals surface area (Å²) >= 11 is 0. The van der Waals surface area contributed by atoms with E-state index in [0.717, 1.165) is 17.9 Å². The van der Waals surface area contributed by atoms with Gasteiger partial charge in [0.15, 0.2) is 0 Å². The van der Waals surface area contributed by atoms with E-state index < -0.39 is 6.10 Å². The highest BCUT2D eigenvalue weighted by molar-refractivity contribution is 5.75. The predicted octanol–water partition coefficient (Wildman–Crippen LogP) is 3.18. The Morgan fingerprint density at radius 1 is 1.40 bits per heavy atom. The van der Waals surface area contributed by atoms with Crippen LogP contribution in [0.3, 0.4) is 0 Å². The van der Waals surface area contributed by atoms with E-state index in [2.05, 4.69) is 5.32 Å². The number of hydrogen-bond donors (Lipinski definition) is 2. The number of aliphatic hydroxyl groups is 1. The van der Waals surface area contributed by atoms with Crippen molar-refractivity contribution >= 4 is 5.91 Å². The number of rotatable bonds is 7. The Labute approximate surface area is 120 Å². The molecule has 4 nitrogen and oxygen atoms in total. The van der Waals surface area contributed by atoms with Gasteiger partial charge in [0.2, 0.25) is 5.91 Å². The van der Waals surface area contributed by atoms with Crippen molar-refractivity contribution in [2.24, 2.45) is 5.92 Å². The van der Waals surface area contributed by atoms with Gasteiger partial charge in [0.25, 0.3) is 0 Å². The van der Waals surface area contributed by atoms with Crippen molar-refractivity contribution in [3.05, 3.63) is 24.2 Å². The van der Waals surface area contributed by atoms with Gasteiger partial charge in [-0.15, -0.1) is 0 Å². The maximum absolute atomic E-state index is 11.7. The van der Waals surface area contributed by atoms with Crippen LogP contribution in [0, 0.1) is 5.92 Å². The van der Waals surface area contributed by atoms with Gasteiger partial charge >= 0.3 is 0 Å². The minimum atomic E-state index is -0.563. The molecule has 0 radical (unpaired) electrons. The number of carbonyl (C=O) groups excluding carboxylic acids is 1. The first-order valence-electron chi connectivity index (χ1n) is 7.72. The molecule has 1 aromatic heterocycles. The van der Waals surface area contributed by atoms with Gasteiger partial charge in [0.1, 0.15) is 0 Å². The Balaban J connectivity index is 1.55. The Morgan fingerprint density at radius 3 is 2.90 bits per heavy atom. The highest BCUT2D eigenvalue weighted by atomic mass is 16.3.